The minimum absolute atomic E-state index is 0.270. The molecule has 0 aliphatic carbocycles. The van der Waals surface area contributed by atoms with Crippen molar-refractivity contribution in [3.63, 3.8) is 0 Å². The topological polar surface area (TPSA) is 86.9 Å². The van der Waals surface area contributed by atoms with Crippen molar-refractivity contribution in [1.29, 1.82) is 0 Å². The maximum atomic E-state index is 10.6. The van der Waals surface area contributed by atoms with E-state index in [1.807, 2.05) is 4.90 Å². The van der Waals surface area contributed by atoms with E-state index < -0.39 is 5.03 Å². The summed E-state index contributed by atoms with van der Waals surface area (Å²) >= 11 is 7.16. The first-order chi connectivity index (χ1) is 9.58. The quantitative estimate of drug-likeness (QED) is 0.652. The SMILES string of the molecule is CCCN1CN/C(=N\[N+](=O)[O-])N(Cc2cnc(Cl)s2)C1. The van der Waals surface area contributed by atoms with Gasteiger partial charge in [0.15, 0.2) is 9.50 Å². The monoisotopic (exact) mass is 318 g/mol. The molecule has 1 fully saturated rings. The number of hydrogen-bond acceptors (Lipinski definition) is 5. The third-order valence-electron chi connectivity index (χ3n) is 2.72. The van der Waals surface area contributed by atoms with Crippen molar-refractivity contribution in [2.45, 2.75) is 19.9 Å². The molecule has 8 nitrogen and oxygen atoms in total. The molecule has 0 aromatic carbocycles. The van der Waals surface area contributed by atoms with Crippen molar-refractivity contribution < 1.29 is 5.03 Å². The Morgan fingerprint density at radius 3 is 3.10 bits per heavy atom. The van der Waals surface area contributed by atoms with E-state index in [2.05, 4.69) is 27.2 Å². The molecule has 0 radical (unpaired) electrons. The van der Waals surface area contributed by atoms with Gasteiger partial charge < -0.3 is 10.2 Å². The van der Waals surface area contributed by atoms with Crippen molar-refractivity contribution in [2.75, 3.05) is 19.9 Å². The standard InChI is InChI=1S/C10H15ClN6O2S/c1-2-3-15-6-13-10(14-17(18)19)16(7-15)5-8-4-12-9(11)20-8/h4H,2-3,5-7H2,1H3,(H,13,14). The number of thiazole rings is 1. The van der Waals surface area contributed by atoms with Crippen molar-refractivity contribution in [1.82, 2.24) is 20.1 Å². The Morgan fingerprint density at radius 2 is 2.50 bits per heavy atom. The molecular weight excluding hydrogens is 304 g/mol. The number of hydrogen-bond donors (Lipinski definition) is 1. The minimum atomic E-state index is -0.690. The second kappa shape index (κ2) is 6.82. The second-order valence-corrected chi connectivity index (χ2v) is 6.01. The fourth-order valence-electron chi connectivity index (χ4n) is 1.96. The van der Waals surface area contributed by atoms with E-state index in [1.54, 1.807) is 6.20 Å². The van der Waals surface area contributed by atoms with Gasteiger partial charge in [0.2, 0.25) is 0 Å². The Morgan fingerprint density at radius 1 is 1.70 bits per heavy atom. The van der Waals surface area contributed by atoms with Gasteiger partial charge in [0.1, 0.15) is 5.10 Å². The van der Waals surface area contributed by atoms with Gasteiger partial charge in [-0.3, -0.25) is 4.90 Å². The van der Waals surface area contributed by atoms with E-state index in [-0.39, 0.29) is 5.96 Å². The van der Waals surface area contributed by atoms with E-state index in [0.717, 1.165) is 17.8 Å². The van der Waals surface area contributed by atoms with E-state index in [4.69, 9.17) is 11.6 Å². The largest absolute Gasteiger partial charge is 0.338 e. The molecule has 1 aromatic rings. The van der Waals surface area contributed by atoms with Crippen LogP contribution in [0.25, 0.3) is 0 Å². The van der Waals surface area contributed by atoms with Gasteiger partial charge in [0.05, 0.1) is 19.9 Å². The second-order valence-electron chi connectivity index (χ2n) is 4.31. The zero-order valence-corrected chi connectivity index (χ0v) is 12.5. The molecule has 1 aromatic heterocycles. The van der Waals surface area contributed by atoms with Gasteiger partial charge in [-0.1, -0.05) is 18.5 Å². The molecule has 20 heavy (non-hydrogen) atoms. The van der Waals surface area contributed by atoms with Crippen LogP contribution >= 0.6 is 22.9 Å². The first kappa shape index (κ1) is 14.9. The highest BCUT2D eigenvalue weighted by atomic mass is 35.5. The Balaban J connectivity index is 2.10. The highest BCUT2D eigenvalue weighted by Gasteiger charge is 2.24. The van der Waals surface area contributed by atoms with Crippen LogP contribution in [-0.2, 0) is 6.54 Å². The summed E-state index contributed by atoms with van der Waals surface area (Å²) in [6.07, 6.45) is 2.69. The Kier molecular flexibility index (Phi) is 5.10. The normalized spacial score (nSPS) is 18.3. The number of aromatic nitrogens is 1. The lowest BCUT2D eigenvalue weighted by molar-refractivity contribution is -0.486. The summed E-state index contributed by atoms with van der Waals surface area (Å²) in [5, 5.41) is 16.3. The zero-order valence-electron chi connectivity index (χ0n) is 11.0. The Labute approximate surface area is 125 Å². The molecule has 0 saturated carbocycles. The van der Waals surface area contributed by atoms with Crippen molar-refractivity contribution in [2.24, 2.45) is 5.10 Å². The molecule has 0 bridgehead atoms. The van der Waals surface area contributed by atoms with Crippen LogP contribution in [0.2, 0.25) is 4.47 Å². The van der Waals surface area contributed by atoms with Crippen molar-refractivity contribution in [3.05, 3.63) is 25.7 Å². The molecular formula is C10H15ClN6O2S. The molecule has 1 aliphatic heterocycles. The number of nitro groups is 1. The van der Waals surface area contributed by atoms with Crippen molar-refractivity contribution in [3.8, 4) is 0 Å². The number of nitrogens with zero attached hydrogens (tertiary/aromatic N) is 5. The summed E-state index contributed by atoms with van der Waals surface area (Å²) in [6, 6.07) is 0. The third kappa shape index (κ3) is 4.02. The molecule has 0 spiro atoms. The van der Waals surface area contributed by atoms with E-state index in [0.29, 0.717) is 24.3 Å². The molecule has 0 amide bonds. The van der Waals surface area contributed by atoms with Crippen LogP contribution in [0.4, 0.5) is 0 Å². The van der Waals surface area contributed by atoms with E-state index in [1.165, 1.54) is 11.3 Å². The van der Waals surface area contributed by atoms with Crippen molar-refractivity contribution >= 4 is 28.9 Å². The smallest absolute Gasteiger partial charge is 0.273 e. The maximum absolute atomic E-state index is 10.6. The van der Waals surface area contributed by atoms with Gasteiger partial charge in [-0.2, -0.15) is 0 Å². The van der Waals surface area contributed by atoms with Gasteiger partial charge in [-0.25, -0.2) is 15.1 Å². The fraction of sp³-hybridized carbons (Fsp3) is 0.600. The van der Waals surface area contributed by atoms with E-state index in [9.17, 15) is 10.1 Å². The Hall–Kier alpha value is -1.45. The van der Waals surface area contributed by atoms with Crippen LogP contribution in [0.1, 0.15) is 18.2 Å². The summed E-state index contributed by atoms with van der Waals surface area (Å²) < 4.78 is 0.461. The van der Waals surface area contributed by atoms with Gasteiger partial charge in [-0.05, 0) is 6.42 Å². The molecule has 2 rings (SSSR count). The van der Waals surface area contributed by atoms with Gasteiger partial charge in [0, 0.05) is 17.6 Å². The first-order valence-corrected chi connectivity index (χ1v) is 7.32. The summed E-state index contributed by atoms with van der Waals surface area (Å²) in [5.41, 5.74) is 0. The summed E-state index contributed by atoms with van der Waals surface area (Å²) in [7, 11) is 0. The molecule has 2 heterocycles. The average Bonchev–Trinajstić information content (AvgIpc) is 2.78. The highest BCUT2D eigenvalue weighted by molar-refractivity contribution is 7.15. The number of rotatable bonds is 5. The zero-order chi connectivity index (χ0) is 14.5. The van der Waals surface area contributed by atoms with Crippen LogP contribution in [0.5, 0.6) is 0 Å². The van der Waals surface area contributed by atoms with Crippen LogP contribution in [0.15, 0.2) is 11.3 Å². The third-order valence-corrected chi connectivity index (χ3v) is 3.82. The molecule has 0 atom stereocenters. The van der Waals surface area contributed by atoms with Gasteiger partial charge >= 0.3 is 0 Å². The van der Waals surface area contributed by atoms with Crippen LogP contribution in [0.3, 0.4) is 0 Å². The van der Waals surface area contributed by atoms with Crippen LogP contribution in [-0.4, -0.2) is 45.7 Å². The van der Waals surface area contributed by atoms with Gasteiger partial charge in [0.25, 0.3) is 5.96 Å². The Bertz CT molecular complexity index is 508. The fourth-order valence-corrected chi connectivity index (χ4v) is 2.96. The molecule has 1 aliphatic rings. The molecule has 0 unspecified atom stereocenters. The lowest BCUT2D eigenvalue weighted by Crippen LogP contribution is -2.56. The predicted molar refractivity (Wildman–Crippen MR) is 77.0 cm³/mol. The van der Waals surface area contributed by atoms with Gasteiger partial charge in [-0.15, -0.1) is 11.3 Å². The number of nitrogens with one attached hydrogen (secondary N) is 1. The number of halogens is 1. The minimum Gasteiger partial charge on any atom is -0.338 e. The van der Waals surface area contributed by atoms with Crippen LogP contribution < -0.4 is 5.32 Å². The summed E-state index contributed by atoms with van der Waals surface area (Å²) in [5.74, 6) is 0.270. The predicted octanol–water partition coefficient (Wildman–Crippen LogP) is 1.38. The summed E-state index contributed by atoms with van der Waals surface area (Å²) in [4.78, 5) is 19.5. The summed E-state index contributed by atoms with van der Waals surface area (Å²) in [6.45, 7) is 4.64. The van der Waals surface area contributed by atoms with E-state index >= 15 is 0 Å². The molecule has 1 N–H and O–H groups in total. The maximum Gasteiger partial charge on any atom is 0.273 e. The molecule has 10 heteroatoms. The number of guanidine groups is 1. The average molecular weight is 319 g/mol. The highest BCUT2D eigenvalue weighted by Crippen LogP contribution is 2.20. The lowest BCUT2D eigenvalue weighted by Gasteiger charge is -2.36. The lowest BCUT2D eigenvalue weighted by atomic mass is 10.4. The number of hydrazone groups is 1. The van der Waals surface area contributed by atoms with Crippen LogP contribution in [0, 0.1) is 10.1 Å². The molecule has 110 valence electrons. The molecule has 1 saturated heterocycles. The first-order valence-electron chi connectivity index (χ1n) is 6.13.